The molecule has 1 radical (unpaired) electrons. The molecule has 0 saturated heterocycles. The van der Waals surface area contributed by atoms with E-state index in [1.54, 1.807) is 6.92 Å². The van der Waals surface area contributed by atoms with Crippen LogP contribution in [0, 0.1) is 17.0 Å². The van der Waals surface area contributed by atoms with Crippen molar-refractivity contribution in [1.29, 1.82) is 0 Å². The predicted molar refractivity (Wildman–Crippen MR) is 92.3 cm³/mol. The van der Waals surface area contributed by atoms with Gasteiger partial charge in [0.15, 0.2) is 5.69 Å². The van der Waals surface area contributed by atoms with Crippen LogP contribution in [0.5, 0.6) is 5.88 Å². The van der Waals surface area contributed by atoms with Crippen molar-refractivity contribution in [2.24, 2.45) is 10.2 Å². The van der Waals surface area contributed by atoms with E-state index in [1.165, 1.54) is 36.4 Å². The number of nitro groups is 1. The van der Waals surface area contributed by atoms with Gasteiger partial charge in [0, 0.05) is 17.0 Å². The van der Waals surface area contributed by atoms with Crippen molar-refractivity contribution in [2.75, 3.05) is 0 Å². The smallest absolute Gasteiger partial charge is 0.273 e. The van der Waals surface area contributed by atoms with E-state index < -0.39 is 14.9 Å². The number of nitro benzene ring substituents is 1. The van der Waals surface area contributed by atoms with Crippen LogP contribution in [0.15, 0.2) is 51.5 Å². The van der Waals surface area contributed by atoms with E-state index in [0.29, 0.717) is 16.5 Å². The summed E-state index contributed by atoms with van der Waals surface area (Å²) in [4.78, 5) is 13.1. The quantitative estimate of drug-likeness (QED) is 0.405. The molecule has 133 valence electrons. The van der Waals surface area contributed by atoms with Crippen LogP contribution in [0.2, 0.25) is 0 Å². The summed E-state index contributed by atoms with van der Waals surface area (Å²) in [7, 11) is -4.06. The molecule has 1 aromatic heterocycles. The van der Waals surface area contributed by atoms with Crippen molar-refractivity contribution in [3.05, 3.63) is 52.1 Å². The highest BCUT2D eigenvalue weighted by atomic mass is 32.2. The summed E-state index contributed by atoms with van der Waals surface area (Å²) in [6, 6.07) is 7.92. The van der Waals surface area contributed by atoms with Crippen LogP contribution >= 0.6 is 0 Å². The second kappa shape index (κ2) is 6.20. The number of sulfonamides is 1. The van der Waals surface area contributed by atoms with Crippen molar-refractivity contribution in [1.82, 2.24) is 10.1 Å². The van der Waals surface area contributed by atoms with Gasteiger partial charge in [0.25, 0.3) is 15.7 Å². The molecule has 0 aliphatic rings. The average molecular weight is 374 g/mol. The Morgan fingerprint density at radius 3 is 2.38 bits per heavy atom. The topological polar surface area (TPSA) is 162 Å². The van der Waals surface area contributed by atoms with Crippen molar-refractivity contribution in [3.8, 4) is 5.88 Å². The summed E-state index contributed by atoms with van der Waals surface area (Å²) >= 11 is 0. The van der Waals surface area contributed by atoms with Crippen LogP contribution in [0.3, 0.4) is 0 Å². The Kier molecular flexibility index (Phi) is 4.18. The van der Waals surface area contributed by atoms with Gasteiger partial charge in [0.05, 0.1) is 21.0 Å². The minimum atomic E-state index is -4.06. The summed E-state index contributed by atoms with van der Waals surface area (Å²) in [5.74, 6) is -0.294. The fourth-order valence-corrected chi connectivity index (χ4v) is 3.00. The van der Waals surface area contributed by atoms with Crippen LogP contribution in [0.25, 0.3) is 10.9 Å². The number of nitrogens with one attached hydrogen (secondary N) is 2. The van der Waals surface area contributed by atoms with Crippen LogP contribution in [0.1, 0.15) is 5.56 Å². The predicted octanol–water partition coefficient (Wildman–Crippen LogP) is 3.48. The first-order valence-corrected chi connectivity index (χ1v) is 8.67. The molecule has 0 aliphatic carbocycles. The number of aromatic amines is 1. The molecule has 0 unspecified atom stereocenters. The Labute approximate surface area is 147 Å². The Morgan fingerprint density at radius 2 is 1.81 bits per heavy atom. The molecule has 11 heteroatoms. The van der Waals surface area contributed by atoms with Gasteiger partial charge in [-0.25, -0.2) is 8.42 Å². The lowest BCUT2D eigenvalue weighted by atomic mass is 10.1. The van der Waals surface area contributed by atoms with Gasteiger partial charge in [-0.2, -0.15) is 5.11 Å². The molecule has 0 atom stereocenters. The molecule has 26 heavy (non-hydrogen) atoms. The standard InChI is InChI=1S/C15H12N5O5S/c1-8-12(20(22)23)7-6-11-13(8)14(15(21)17-11)19-18-9-2-4-10(5-3-9)26(16,24)25/h2-7,16-17,21H,1H3. The van der Waals surface area contributed by atoms with E-state index in [2.05, 4.69) is 15.2 Å². The zero-order chi connectivity index (χ0) is 19.1. The van der Waals surface area contributed by atoms with E-state index in [1.807, 2.05) is 0 Å². The highest BCUT2D eigenvalue weighted by Crippen LogP contribution is 2.40. The molecule has 3 aromatic rings. The molecule has 3 rings (SSSR count). The Hall–Kier alpha value is -3.31. The van der Waals surface area contributed by atoms with Gasteiger partial charge >= 0.3 is 0 Å². The molecule has 0 spiro atoms. The van der Waals surface area contributed by atoms with E-state index in [0.717, 1.165) is 0 Å². The molecule has 0 amide bonds. The molecular weight excluding hydrogens is 362 g/mol. The lowest BCUT2D eigenvalue weighted by molar-refractivity contribution is -0.385. The highest BCUT2D eigenvalue weighted by molar-refractivity contribution is 7.88. The molecule has 0 aliphatic heterocycles. The Morgan fingerprint density at radius 1 is 1.15 bits per heavy atom. The average Bonchev–Trinajstić information content (AvgIpc) is 2.88. The number of benzene rings is 2. The third-order valence-electron chi connectivity index (χ3n) is 3.76. The lowest BCUT2D eigenvalue weighted by Gasteiger charge is -2.00. The minimum absolute atomic E-state index is 0.0402. The first-order valence-electron chi connectivity index (χ1n) is 7.18. The maximum atomic E-state index is 11.1. The molecule has 0 saturated carbocycles. The number of aromatic nitrogens is 1. The molecule has 3 N–H and O–H groups in total. The SMILES string of the molecule is Cc1c([N+](=O)[O-])ccc2[nH]c(O)c(N=Nc3ccc(S([NH])(=O)=O)cc3)c12. The summed E-state index contributed by atoms with van der Waals surface area (Å²) < 4.78 is 22.2. The van der Waals surface area contributed by atoms with Gasteiger partial charge in [-0.05, 0) is 37.3 Å². The highest BCUT2D eigenvalue weighted by Gasteiger charge is 2.20. The molecule has 1 heterocycles. The second-order valence-electron chi connectivity index (χ2n) is 5.41. The van der Waals surface area contributed by atoms with Gasteiger partial charge < -0.3 is 10.1 Å². The molecular formula is C15H12N5O5S. The van der Waals surface area contributed by atoms with Gasteiger partial charge in [-0.3, -0.25) is 10.1 Å². The van der Waals surface area contributed by atoms with Crippen LogP contribution < -0.4 is 5.14 Å². The molecule has 10 nitrogen and oxygen atoms in total. The van der Waals surface area contributed by atoms with E-state index >= 15 is 0 Å². The first-order chi connectivity index (χ1) is 12.2. The van der Waals surface area contributed by atoms with E-state index in [-0.39, 0.29) is 27.8 Å². The normalized spacial score (nSPS) is 12.1. The van der Waals surface area contributed by atoms with Gasteiger partial charge in [0.2, 0.25) is 5.88 Å². The van der Waals surface area contributed by atoms with Crippen molar-refractivity contribution < 1.29 is 18.4 Å². The summed E-state index contributed by atoms with van der Waals surface area (Å²) in [5.41, 5.74) is 1.01. The second-order valence-corrected chi connectivity index (χ2v) is 6.89. The minimum Gasteiger partial charge on any atom is -0.493 e. The van der Waals surface area contributed by atoms with Crippen LogP contribution in [-0.4, -0.2) is 23.4 Å². The fraction of sp³-hybridized carbons (Fsp3) is 0.0667. The number of hydrogen-bond acceptors (Lipinski definition) is 7. The van der Waals surface area contributed by atoms with Gasteiger partial charge in [-0.15, -0.1) is 10.3 Å². The number of fused-ring (bicyclic) bond motifs is 1. The number of aryl methyl sites for hydroxylation is 1. The molecule has 0 bridgehead atoms. The molecule has 2 aromatic carbocycles. The maximum absolute atomic E-state index is 11.1. The Bertz CT molecular complexity index is 1150. The third-order valence-corrected chi connectivity index (χ3v) is 4.65. The van der Waals surface area contributed by atoms with Gasteiger partial charge in [-0.1, -0.05) is 0 Å². The number of nitrogens with zero attached hydrogens (tertiary/aromatic N) is 3. The van der Waals surface area contributed by atoms with Crippen molar-refractivity contribution in [3.63, 3.8) is 0 Å². The zero-order valence-corrected chi connectivity index (χ0v) is 14.1. The third kappa shape index (κ3) is 3.12. The van der Waals surface area contributed by atoms with Crippen molar-refractivity contribution >= 4 is 38.0 Å². The summed E-state index contributed by atoms with van der Waals surface area (Å²) in [5, 5.41) is 36.3. The number of H-pyrrole nitrogens is 1. The largest absolute Gasteiger partial charge is 0.493 e. The van der Waals surface area contributed by atoms with Crippen LogP contribution in [0.4, 0.5) is 17.1 Å². The number of aromatic hydroxyl groups is 1. The lowest BCUT2D eigenvalue weighted by Crippen LogP contribution is -1.99. The number of hydrogen-bond donors (Lipinski definition) is 2. The first kappa shape index (κ1) is 17.5. The maximum Gasteiger partial charge on any atom is 0.273 e. The fourth-order valence-electron chi connectivity index (χ4n) is 2.51. The summed E-state index contributed by atoms with van der Waals surface area (Å²) in [6.45, 7) is 1.54. The number of azo groups is 1. The van der Waals surface area contributed by atoms with Crippen LogP contribution in [-0.2, 0) is 10.0 Å². The summed E-state index contributed by atoms with van der Waals surface area (Å²) in [6.07, 6.45) is 0. The molecule has 0 fully saturated rings. The zero-order valence-electron chi connectivity index (χ0n) is 13.3. The van der Waals surface area contributed by atoms with Crippen molar-refractivity contribution in [2.45, 2.75) is 11.8 Å². The van der Waals surface area contributed by atoms with E-state index in [9.17, 15) is 23.6 Å². The Balaban J connectivity index is 2.05. The van der Waals surface area contributed by atoms with E-state index in [4.69, 9.17) is 5.14 Å². The van der Waals surface area contributed by atoms with Gasteiger partial charge in [0.1, 0.15) is 0 Å². The number of rotatable bonds is 4. The monoisotopic (exact) mass is 374 g/mol.